The first-order valence-corrected chi connectivity index (χ1v) is 10.5. The number of urea groups is 1. The summed E-state index contributed by atoms with van der Waals surface area (Å²) in [6.07, 6.45) is 3.13. The van der Waals surface area contributed by atoms with Crippen molar-refractivity contribution in [1.29, 1.82) is 10.5 Å². The van der Waals surface area contributed by atoms with E-state index in [-0.39, 0.29) is 17.1 Å². The Morgan fingerprint density at radius 3 is 2.09 bits per heavy atom. The molecule has 0 aliphatic rings. The Morgan fingerprint density at radius 1 is 0.743 bits per heavy atom. The number of rotatable bonds is 6. The number of para-hydroxylation sites is 2. The van der Waals surface area contributed by atoms with Crippen molar-refractivity contribution in [1.82, 2.24) is 15.2 Å². The van der Waals surface area contributed by atoms with Gasteiger partial charge in [0.1, 0.15) is 12.1 Å². The molecule has 2 heterocycles. The number of allylic oxidation sites excluding steroid dienone is 1. The molecule has 0 atom stereocenters. The van der Waals surface area contributed by atoms with Crippen molar-refractivity contribution in [2.75, 3.05) is 16.0 Å². The Hall–Kier alpha value is -5.54. The smallest absolute Gasteiger partial charge is 0.324 e. The molecule has 0 aliphatic heterocycles. The van der Waals surface area contributed by atoms with Crippen LogP contribution >= 0.6 is 0 Å². The third-order valence-electron chi connectivity index (χ3n) is 4.83. The largest absolute Gasteiger partial charge is 0.352 e. The van der Waals surface area contributed by atoms with Crippen molar-refractivity contribution in [3.05, 3.63) is 102 Å². The highest BCUT2D eigenvalue weighted by molar-refractivity contribution is 6.02. The van der Waals surface area contributed by atoms with Gasteiger partial charge in [0.25, 0.3) is 0 Å². The zero-order valence-electron chi connectivity index (χ0n) is 18.3. The van der Waals surface area contributed by atoms with Gasteiger partial charge < -0.3 is 10.6 Å². The number of aromatic nitrogens is 3. The van der Waals surface area contributed by atoms with Crippen molar-refractivity contribution in [3.8, 4) is 23.4 Å². The predicted molar refractivity (Wildman–Crippen MR) is 133 cm³/mol. The summed E-state index contributed by atoms with van der Waals surface area (Å²) in [6, 6.07) is 26.6. The van der Waals surface area contributed by atoms with E-state index in [1.165, 1.54) is 6.20 Å². The average molecular weight is 458 g/mol. The number of carbonyl (C=O) groups is 1. The summed E-state index contributed by atoms with van der Waals surface area (Å²) in [5, 5.41) is 35.6. The average Bonchev–Trinajstić information content (AvgIpc) is 2.91. The van der Waals surface area contributed by atoms with E-state index in [9.17, 15) is 15.3 Å². The van der Waals surface area contributed by atoms with Gasteiger partial charge in [0.05, 0.1) is 22.8 Å². The molecular weight excluding hydrogens is 440 g/mol. The lowest BCUT2D eigenvalue weighted by molar-refractivity contribution is 0.262. The van der Waals surface area contributed by atoms with Crippen molar-refractivity contribution in [2.45, 2.75) is 0 Å². The normalized spacial score (nSPS) is 9.77. The highest BCUT2D eigenvalue weighted by Crippen LogP contribution is 2.27. The Balaban J connectivity index is 1.51. The first kappa shape index (κ1) is 22.6. The van der Waals surface area contributed by atoms with E-state index in [0.717, 1.165) is 5.56 Å². The Kier molecular flexibility index (Phi) is 7.02. The second kappa shape index (κ2) is 10.9. The minimum absolute atomic E-state index is 0.119. The first-order chi connectivity index (χ1) is 17.2. The van der Waals surface area contributed by atoms with E-state index in [1.807, 2.05) is 42.5 Å². The molecule has 0 spiro atoms. The summed E-state index contributed by atoms with van der Waals surface area (Å²) in [7, 11) is 0. The van der Waals surface area contributed by atoms with Gasteiger partial charge in [-0.15, -0.1) is 10.2 Å². The van der Waals surface area contributed by atoms with E-state index in [4.69, 9.17) is 0 Å². The number of amides is 2. The molecule has 0 unspecified atom stereocenters. The van der Waals surface area contributed by atoms with Crippen LogP contribution < -0.4 is 16.0 Å². The SMILES string of the molecule is N#CC(C#N)=C(Nc1ccccc1NC(=O)Nc1ccc(-c2ccccc2)nn1)c1cccnc1. The van der Waals surface area contributed by atoms with Gasteiger partial charge in [0.15, 0.2) is 11.4 Å². The molecule has 0 radical (unpaired) electrons. The monoisotopic (exact) mass is 458 g/mol. The zero-order chi connectivity index (χ0) is 24.5. The van der Waals surface area contributed by atoms with E-state index >= 15 is 0 Å². The molecular formula is C26H18N8O. The van der Waals surface area contributed by atoms with Crippen molar-refractivity contribution < 1.29 is 4.79 Å². The van der Waals surface area contributed by atoms with Crippen LogP contribution in [0, 0.1) is 22.7 Å². The molecule has 0 saturated heterocycles. The van der Waals surface area contributed by atoms with Gasteiger partial charge in [0.2, 0.25) is 0 Å². The number of carbonyl (C=O) groups excluding carboxylic acids is 1. The molecule has 2 amide bonds. The summed E-state index contributed by atoms with van der Waals surface area (Å²) in [5.74, 6) is 0.278. The highest BCUT2D eigenvalue weighted by Gasteiger charge is 2.14. The molecule has 2 aromatic heterocycles. The summed E-state index contributed by atoms with van der Waals surface area (Å²) in [6.45, 7) is 0. The van der Waals surface area contributed by atoms with Gasteiger partial charge in [-0.3, -0.25) is 10.3 Å². The van der Waals surface area contributed by atoms with E-state index in [0.29, 0.717) is 22.6 Å². The fourth-order valence-corrected chi connectivity index (χ4v) is 3.19. The molecule has 0 aliphatic carbocycles. The second-order valence-corrected chi connectivity index (χ2v) is 7.13. The Bertz CT molecular complexity index is 1420. The molecule has 3 N–H and O–H groups in total. The van der Waals surface area contributed by atoms with Gasteiger partial charge in [-0.05, 0) is 36.4 Å². The van der Waals surface area contributed by atoms with Crippen LogP contribution in [0.25, 0.3) is 17.0 Å². The van der Waals surface area contributed by atoms with Crippen LogP contribution in [-0.2, 0) is 0 Å². The fourth-order valence-electron chi connectivity index (χ4n) is 3.19. The van der Waals surface area contributed by atoms with Crippen LogP contribution in [0.2, 0.25) is 0 Å². The van der Waals surface area contributed by atoms with Crippen molar-refractivity contribution in [3.63, 3.8) is 0 Å². The summed E-state index contributed by atoms with van der Waals surface area (Å²) >= 11 is 0. The topological polar surface area (TPSA) is 139 Å². The maximum absolute atomic E-state index is 12.6. The quantitative estimate of drug-likeness (QED) is 0.343. The van der Waals surface area contributed by atoms with Crippen LogP contribution in [0.5, 0.6) is 0 Å². The summed E-state index contributed by atoms with van der Waals surface area (Å²) in [5.41, 5.74) is 3.23. The Labute approximate surface area is 201 Å². The van der Waals surface area contributed by atoms with Gasteiger partial charge >= 0.3 is 6.03 Å². The number of benzene rings is 2. The second-order valence-electron chi connectivity index (χ2n) is 7.13. The van der Waals surface area contributed by atoms with Gasteiger partial charge in [-0.1, -0.05) is 42.5 Å². The first-order valence-electron chi connectivity index (χ1n) is 10.5. The van der Waals surface area contributed by atoms with E-state index in [1.54, 1.807) is 54.7 Å². The lowest BCUT2D eigenvalue weighted by Gasteiger charge is -2.16. The fraction of sp³-hybridized carbons (Fsp3) is 0. The van der Waals surface area contributed by atoms with Gasteiger partial charge in [0, 0.05) is 23.5 Å². The number of anilines is 3. The summed E-state index contributed by atoms with van der Waals surface area (Å²) < 4.78 is 0. The van der Waals surface area contributed by atoms with Crippen LogP contribution in [-0.4, -0.2) is 21.2 Å². The molecule has 35 heavy (non-hydrogen) atoms. The van der Waals surface area contributed by atoms with Gasteiger partial charge in [-0.2, -0.15) is 10.5 Å². The molecule has 4 rings (SSSR count). The van der Waals surface area contributed by atoms with Crippen molar-refractivity contribution in [2.24, 2.45) is 0 Å². The molecule has 2 aromatic carbocycles. The molecule has 0 bridgehead atoms. The number of pyridine rings is 1. The Morgan fingerprint density at radius 2 is 1.46 bits per heavy atom. The highest BCUT2D eigenvalue weighted by atomic mass is 16.2. The van der Waals surface area contributed by atoms with Crippen LogP contribution in [0.15, 0.2) is 96.8 Å². The molecule has 4 aromatic rings. The van der Waals surface area contributed by atoms with Crippen LogP contribution in [0.1, 0.15) is 5.56 Å². The third-order valence-corrected chi connectivity index (χ3v) is 4.83. The van der Waals surface area contributed by atoms with E-state index in [2.05, 4.69) is 31.1 Å². The van der Waals surface area contributed by atoms with Crippen LogP contribution in [0.4, 0.5) is 22.0 Å². The number of nitrogens with zero attached hydrogens (tertiary/aromatic N) is 5. The number of nitriles is 2. The lowest BCUT2D eigenvalue weighted by atomic mass is 10.1. The third kappa shape index (κ3) is 5.64. The molecule has 9 heteroatoms. The minimum atomic E-state index is -0.534. The van der Waals surface area contributed by atoms with Crippen LogP contribution in [0.3, 0.4) is 0 Å². The molecule has 0 saturated carbocycles. The van der Waals surface area contributed by atoms with Gasteiger partial charge in [-0.25, -0.2) is 4.79 Å². The number of hydrogen-bond acceptors (Lipinski definition) is 7. The standard InChI is InChI=1S/C26H18N8O/c27-15-20(16-28)25(19-9-6-14-29-17-19)30-22-10-4-5-11-23(22)31-26(35)32-24-13-12-21(33-34-24)18-7-2-1-3-8-18/h1-14,17,30H,(H2,31,32,34,35). The predicted octanol–water partition coefficient (Wildman–Crippen LogP) is 5.05. The van der Waals surface area contributed by atoms with E-state index < -0.39 is 6.03 Å². The minimum Gasteiger partial charge on any atom is -0.352 e. The number of hydrogen-bond donors (Lipinski definition) is 3. The molecule has 168 valence electrons. The van der Waals surface area contributed by atoms with Crippen molar-refractivity contribution >= 4 is 28.9 Å². The molecule has 0 fully saturated rings. The number of nitrogens with one attached hydrogen (secondary N) is 3. The summed E-state index contributed by atoms with van der Waals surface area (Å²) in [4.78, 5) is 16.7. The maximum atomic E-state index is 12.6. The maximum Gasteiger partial charge on any atom is 0.324 e. The zero-order valence-corrected chi connectivity index (χ0v) is 18.3. The molecule has 9 nitrogen and oxygen atoms in total. The lowest BCUT2D eigenvalue weighted by Crippen LogP contribution is -2.21.